The summed E-state index contributed by atoms with van der Waals surface area (Å²) in [5.74, 6) is -0.516. The first-order valence-electron chi connectivity index (χ1n) is 10.5. The molecule has 0 heterocycles. The standard InChI is InChI=1S/C22H29N3O6S/c1-5-23(6-2)22(26)21(17-12-10-9-11-13-17)31-20-15-14-18(16-19(20)25(27)28)32(29,30)24(7-3)8-4/h9-16,21H,5-8H2,1-4H3/t21-/m0/s1. The monoisotopic (exact) mass is 463 g/mol. The first kappa shape index (κ1) is 25.3. The Morgan fingerprint density at radius 1 is 1.00 bits per heavy atom. The Morgan fingerprint density at radius 2 is 1.59 bits per heavy atom. The van der Waals surface area contributed by atoms with Crippen LogP contribution in [0.15, 0.2) is 53.4 Å². The Hall–Kier alpha value is -2.98. The molecule has 0 aliphatic heterocycles. The summed E-state index contributed by atoms with van der Waals surface area (Å²) in [6.45, 7) is 8.42. The van der Waals surface area contributed by atoms with Crippen LogP contribution in [0.3, 0.4) is 0 Å². The highest BCUT2D eigenvalue weighted by molar-refractivity contribution is 7.89. The molecule has 0 N–H and O–H groups in total. The summed E-state index contributed by atoms with van der Waals surface area (Å²) in [6, 6.07) is 12.2. The number of rotatable bonds is 11. The summed E-state index contributed by atoms with van der Waals surface area (Å²) < 4.78 is 32.7. The van der Waals surface area contributed by atoms with Crippen LogP contribution in [0.2, 0.25) is 0 Å². The predicted octanol–water partition coefficient (Wildman–Crippen LogP) is 3.61. The number of hydrogen-bond acceptors (Lipinski definition) is 6. The van der Waals surface area contributed by atoms with Crippen molar-refractivity contribution in [3.8, 4) is 5.75 Å². The van der Waals surface area contributed by atoms with Gasteiger partial charge >= 0.3 is 5.69 Å². The van der Waals surface area contributed by atoms with Crippen molar-refractivity contribution in [1.29, 1.82) is 0 Å². The van der Waals surface area contributed by atoms with E-state index in [-0.39, 0.29) is 29.6 Å². The Bertz CT molecular complexity index is 1030. The fraction of sp³-hybridized carbons (Fsp3) is 0.409. The van der Waals surface area contributed by atoms with Crippen LogP contribution in [0.1, 0.15) is 39.4 Å². The summed E-state index contributed by atoms with van der Waals surface area (Å²) in [5.41, 5.74) is 0.0186. The molecule has 0 aromatic heterocycles. The number of likely N-dealkylation sites (N-methyl/N-ethyl adjacent to an activating group) is 1. The third kappa shape index (κ3) is 5.43. The third-order valence-corrected chi connectivity index (χ3v) is 7.16. The van der Waals surface area contributed by atoms with E-state index in [1.54, 1.807) is 49.1 Å². The SMILES string of the molecule is CCN(CC)C(=O)[C@@H](Oc1ccc(S(=O)(=O)N(CC)CC)cc1[N+](=O)[O-])c1ccccc1. The molecule has 0 aliphatic carbocycles. The summed E-state index contributed by atoms with van der Waals surface area (Å²) in [6.07, 6.45) is -1.11. The van der Waals surface area contributed by atoms with Crippen molar-refractivity contribution in [2.45, 2.75) is 38.7 Å². The molecule has 0 radical (unpaired) electrons. The normalized spacial score (nSPS) is 12.4. The Balaban J connectivity index is 2.54. The van der Waals surface area contributed by atoms with E-state index in [9.17, 15) is 23.3 Å². The molecule has 1 amide bonds. The molecular weight excluding hydrogens is 434 g/mol. The molecule has 0 unspecified atom stereocenters. The fourth-order valence-electron chi connectivity index (χ4n) is 3.33. The summed E-state index contributed by atoms with van der Waals surface area (Å²) >= 11 is 0. The number of hydrogen-bond donors (Lipinski definition) is 0. The van der Waals surface area contributed by atoms with E-state index in [2.05, 4.69) is 0 Å². The summed E-state index contributed by atoms with van der Waals surface area (Å²) in [5, 5.41) is 11.8. The van der Waals surface area contributed by atoms with Crippen molar-refractivity contribution in [2.75, 3.05) is 26.2 Å². The van der Waals surface area contributed by atoms with Crippen molar-refractivity contribution in [2.24, 2.45) is 0 Å². The van der Waals surface area contributed by atoms with E-state index in [0.29, 0.717) is 18.7 Å². The number of carbonyl (C=O) groups is 1. The maximum atomic E-state index is 13.1. The first-order chi connectivity index (χ1) is 15.2. The number of sulfonamides is 1. The lowest BCUT2D eigenvalue weighted by atomic mass is 10.1. The second kappa shape index (κ2) is 11.1. The number of amides is 1. The van der Waals surface area contributed by atoms with Crippen LogP contribution in [0.4, 0.5) is 5.69 Å². The number of carbonyl (C=O) groups excluding carboxylic acids is 1. The number of nitro benzene ring substituents is 1. The quantitative estimate of drug-likeness (QED) is 0.372. The molecular formula is C22H29N3O6S. The molecule has 0 fully saturated rings. The molecule has 9 nitrogen and oxygen atoms in total. The lowest BCUT2D eigenvalue weighted by molar-refractivity contribution is -0.386. The van der Waals surface area contributed by atoms with Crippen LogP contribution in [-0.4, -0.2) is 54.6 Å². The average molecular weight is 464 g/mol. The topological polar surface area (TPSA) is 110 Å². The highest BCUT2D eigenvalue weighted by Gasteiger charge is 2.31. The van der Waals surface area contributed by atoms with Gasteiger partial charge in [-0.15, -0.1) is 0 Å². The maximum absolute atomic E-state index is 13.1. The van der Waals surface area contributed by atoms with Gasteiger partial charge in [-0.25, -0.2) is 8.42 Å². The van der Waals surface area contributed by atoms with Gasteiger partial charge in [0.2, 0.25) is 16.1 Å². The number of nitrogens with zero attached hydrogens (tertiary/aromatic N) is 3. The van der Waals surface area contributed by atoms with Crippen molar-refractivity contribution in [3.63, 3.8) is 0 Å². The van der Waals surface area contributed by atoms with Crippen molar-refractivity contribution < 1.29 is 22.9 Å². The highest BCUT2D eigenvalue weighted by atomic mass is 32.2. The van der Waals surface area contributed by atoms with Gasteiger partial charge in [0.05, 0.1) is 9.82 Å². The number of nitro groups is 1. The van der Waals surface area contributed by atoms with Crippen LogP contribution in [-0.2, 0) is 14.8 Å². The van der Waals surface area contributed by atoms with Gasteiger partial charge in [-0.1, -0.05) is 44.2 Å². The van der Waals surface area contributed by atoms with Crippen molar-refractivity contribution in [3.05, 3.63) is 64.2 Å². The molecule has 2 aromatic carbocycles. The zero-order valence-electron chi connectivity index (χ0n) is 18.7. The summed E-state index contributed by atoms with van der Waals surface area (Å²) in [7, 11) is -3.89. The minimum absolute atomic E-state index is 0.178. The molecule has 32 heavy (non-hydrogen) atoms. The summed E-state index contributed by atoms with van der Waals surface area (Å²) in [4.78, 5) is 25.5. The molecule has 0 aliphatic rings. The molecule has 0 saturated heterocycles. The van der Waals surface area contributed by atoms with E-state index >= 15 is 0 Å². The van der Waals surface area contributed by atoms with Crippen LogP contribution < -0.4 is 4.74 Å². The van der Waals surface area contributed by atoms with Gasteiger partial charge in [-0.05, 0) is 26.0 Å². The molecule has 2 aromatic rings. The number of benzene rings is 2. The van der Waals surface area contributed by atoms with E-state index in [4.69, 9.17) is 4.74 Å². The highest BCUT2D eigenvalue weighted by Crippen LogP contribution is 2.34. The predicted molar refractivity (Wildman–Crippen MR) is 121 cm³/mol. The van der Waals surface area contributed by atoms with Gasteiger partial charge in [-0.2, -0.15) is 4.31 Å². The molecule has 0 saturated carbocycles. The largest absolute Gasteiger partial charge is 0.469 e. The second-order valence-electron chi connectivity index (χ2n) is 6.90. The van der Waals surface area contributed by atoms with Gasteiger partial charge in [0.15, 0.2) is 5.75 Å². The van der Waals surface area contributed by atoms with E-state index in [0.717, 1.165) is 6.07 Å². The third-order valence-electron chi connectivity index (χ3n) is 5.12. The lowest BCUT2D eigenvalue weighted by Gasteiger charge is -2.26. The maximum Gasteiger partial charge on any atom is 0.312 e. The van der Waals surface area contributed by atoms with Gasteiger partial charge in [-0.3, -0.25) is 14.9 Å². The molecule has 2 rings (SSSR count). The zero-order chi connectivity index (χ0) is 23.9. The molecule has 0 bridgehead atoms. The smallest absolute Gasteiger partial charge is 0.312 e. The first-order valence-corrected chi connectivity index (χ1v) is 11.9. The van der Waals surface area contributed by atoms with Gasteiger partial charge in [0, 0.05) is 37.8 Å². The Labute approximate surface area is 188 Å². The van der Waals surface area contributed by atoms with Gasteiger partial charge in [0.25, 0.3) is 5.91 Å². The minimum Gasteiger partial charge on any atom is -0.469 e. The molecule has 0 spiro atoms. The molecule has 174 valence electrons. The minimum atomic E-state index is -3.89. The van der Waals surface area contributed by atoms with Gasteiger partial charge in [0.1, 0.15) is 0 Å². The fourth-order valence-corrected chi connectivity index (χ4v) is 4.81. The van der Waals surface area contributed by atoms with Gasteiger partial charge < -0.3 is 9.64 Å². The second-order valence-corrected chi connectivity index (χ2v) is 8.83. The Morgan fingerprint density at radius 3 is 2.09 bits per heavy atom. The van der Waals surface area contributed by atoms with E-state index < -0.39 is 26.7 Å². The lowest BCUT2D eigenvalue weighted by Crippen LogP contribution is -2.37. The molecule has 10 heteroatoms. The average Bonchev–Trinajstić information content (AvgIpc) is 2.79. The van der Waals surface area contributed by atoms with E-state index in [1.807, 2.05) is 13.8 Å². The van der Waals surface area contributed by atoms with Crippen molar-refractivity contribution >= 4 is 21.6 Å². The zero-order valence-corrected chi connectivity index (χ0v) is 19.5. The van der Waals surface area contributed by atoms with Crippen molar-refractivity contribution in [1.82, 2.24) is 9.21 Å². The van der Waals surface area contributed by atoms with Crippen LogP contribution in [0.5, 0.6) is 5.75 Å². The van der Waals surface area contributed by atoms with E-state index in [1.165, 1.54) is 16.4 Å². The number of ether oxygens (including phenoxy) is 1. The molecule has 1 atom stereocenters. The van der Waals surface area contributed by atoms with Crippen LogP contribution in [0.25, 0.3) is 0 Å². The van der Waals surface area contributed by atoms with Crippen LogP contribution in [0, 0.1) is 10.1 Å². The Kier molecular flexibility index (Phi) is 8.73. The van der Waals surface area contributed by atoms with Crippen LogP contribution >= 0.6 is 0 Å².